The molecule has 1 amide bonds. The van der Waals surface area contributed by atoms with E-state index in [1.165, 1.54) is 16.9 Å². The van der Waals surface area contributed by atoms with Gasteiger partial charge < -0.3 is 5.32 Å². The van der Waals surface area contributed by atoms with Crippen molar-refractivity contribution in [3.05, 3.63) is 88.0 Å². The zero-order valence-electron chi connectivity index (χ0n) is 14.9. The molecule has 0 atom stereocenters. The Hall–Kier alpha value is -4.07. The van der Waals surface area contributed by atoms with E-state index in [1.54, 1.807) is 31.2 Å². The van der Waals surface area contributed by atoms with Gasteiger partial charge in [-0.25, -0.2) is 0 Å². The van der Waals surface area contributed by atoms with Gasteiger partial charge in [0.2, 0.25) is 0 Å². The van der Waals surface area contributed by atoms with Crippen LogP contribution in [0.15, 0.2) is 66.7 Å². The number of benzene rings is 3. The number of nitrogens with zero attached hydrogens (tertiary/aromatic N) is 4. The molecular formula is C20H15N5O3. The number of nitro groups is 1. The van der Waals surface area contributed by atoms with E-state index >= 15 is 0 Å². The fourth-order valence-electron chi connectivity index (χ4n) is 2.93. The van der Waals surface area contributed by atoms with Gasteiger partial charge in [-0.2, -0.15) is 4.80 Å². The first kappa shape index (κ1) is 17.3. The van der Waals surface area contributed by atoms with Gasteiger partial charge in [-0.1, -0.05) is 24.3 Å². The summed E-state index contributed by atoms with van der Waals surface area (Å²) in [7, 11) is 0. The lowest BCUT2D eigenvalue weighted by Gasteiger charge is -2.07. The van der Waals surface area contributed by atoms with Crippen molar-refractivity contribution >= 4 is 28.3 Å². The normalized spacial score (nSPS) is 10.8. The van der Waals surface area contributed by atoms with Crippen LogP contribution in [-0.2, 0) is 0 Å². The quantitative estimate of drug-likeness (QED) is 0.432. The van der Waals surface area contributed by atoms with E-state index in [2.05, 4.69) is 15.5 Å². The number of fused-ring (bicyclic) bond motifs is 1. The van der Waals surface area contributed by atoms with Gasteiger partial charge in [0, 0.05) is 22.9 Å². The van der Waals surface area contributed by atoms with E-state index in [-0.39, 0.29) is 11.3 Å². The first-order chi connectivity index (χ1) is 13.5. The van der Waals surface area contributed by atoms with Crippen LogP contribution in [0.2, 0.25) is 0 Å². The van der Waals surface area contributed by atoms with E-state index in [9.17, 15) is 14.9 Å². The van der Waals surface area contributed by atoms with Crippen molar-refractivity contribution in [1.29, 1.82) is 0 Å². The molecule has 0 unspecified atom stereocenters. The summed E-state index contributed by atoms with van der Waals surface area (Å²) in [5, 5.41) is 22.7. The smallest absolute Gasteiger partial charge is 0.273 e. The van der Waals surface area contributed by atoms with Crippen molar-refractivity contribution in [2.75, 3.05) is 5.32 Å². The molecule has 138 valence electrons. The van der Waals surface area contributed by atoms with Gasteiger partial charge in [-0.3, -0.25) is 14.9 Å². The number of nitro benzene ring substituents is 1. The number of nitrogens with one attached hydrogen (secondary N) is 1. The van der Waals surface area contributed by atoms with E-state index < -0.39 is 10.8 Å². The average molecular weight is 373 g/mol. The molecule has 0 saturated carbocycles. The lowest BCUT2D eigenvalue weighted by Crippen LogP contribution is -2.14. The monoisotopic (exact) mass is 373 g/mol. The lowest BCUT2D eigenvalue weighted by atomic mass is 10.1. The minimum absolute atomic E-state index is 0.0890. The molecule has 8 heteroatoms. The van der Waals surface area contributed by atoms with Gasteiger partial charge in [0.05, 0.1) is 10.6 Å². The SMILES string of the molecule is Cc1c(C(=O)Nc2ccc3nn(-c4ccccc4)nc3c2)cccc1[N+](=O)[O-]. The molecule has 0 saturated heterocycles. The lowest BCUT2D eigenvalue weighted by molar-refractivity contribution is -0.385. The van der Waals surface area contributed by atoms with Crippen molar-refractivity contribution in [3.8, 4) is 5.69 Å². The number of rotatable bonds is 4. The molecule has 4 aromatic rings. The van der Waals surface area contributed by atoms with Crippen LogP contribution in [0.4, 0.5) is 11.4 Å². The third kappa shape index (κ3) is 3.18. The topological polar surface area (TPSA) is 103 Å². The van der Waals surface area contributed by atoms with E-state index in [4.69, 9.17) is 0 Å². The third-order valence-corrected chi connectivity index (χ3v) is 4.37. The molecular weight excluding hydrogens is 358 g/mol. The summed E-state index contributed by atoms with van der Waals surface area (Å²) in [6.07, 6.45) is 0. The Labute approximate surface area is 159 Å². The molecule has 28 heavy (non-hydrogen) atoms. The fourth-order valence-corrected chi connectivity index (χ4v) is 2.93. The number of carbonyl (C=O) groups is 1. The maximum Gasteiger partial charge on any atom is 0.273 e. The minimum atomic E-state index is -0.500. The summed E-state index contributed by atoms with van der Waals surface area (Å²) in [6.45, 7) is 1.56. The van der Waals surface area contributed by atoms with Gasteiger partial charge in [0.25, 0.3) is 11.6 Å². The van der Waals surface area contributed by atoms with Crippen molar-refractivity contribution in [2.45, 2.75) is 6.92 Å². The largest absolute Gasteiger partial charge is 0.322 e. The molecule has 8 nitrogen and oxygen atoms in total. The van der Waals surface area contributed by atoms with Gasteiger partial charge in [0.1, 0.15) is 11.0 Å². The zero-order valence-corrected chi connectivity index (χ0v) is 14.9. The van der Waals surface area contributed by atoms with Crippen LogP contribution in [0.25, 0.3) is 16.7 Å². The summed E-state index contributed by atoms with van der Waals surface area (Å²) >= 11 is 0. The van der Waals surface area contributed by atoms with Crippen LogP contribution < -0.4 is 5.32 Å². The average Bonchev–Trinajstić information content (AvgIpc) is 3.12. The van der Waals surface area contributed by atoms with E-state index in [1.807, 2.05) is 30.3 Å². The second kappa shape index (κ2) is 6.92. The highest BCUT2D eigenvalue weighted by Crippen LogP contribution is 2.23. The minimum Gasteiger partial charge on any atom is -0.322 e. The Morgan fingerprint density at radius 1 is 1.00 bits per heavy atom. The Morgan fingerprint density at radius 2 is 1.75 bits per heavy atom. The van der Waals surface area contributed by atoms with Crippen LogP contribution in [-0.4, -0.2) is 25.8 Å². The number of hydrogen-bond acceptors (Lipinski definition) is 5. The Morgan fingerprint density at radius 3 is 2.50 bits per heavy atom. The van der Waals surface area contributed by atoms with Crippen LogP contribution in [0, 0.1) is 17.0 Å². The summed E-state index contributed by atoms with van der Waals surface area (Å²) in [6, 6.07) is 19.1. The molecule has 4 rings (SSSR count). The first-order valence-electron chi connectivity index (χ1n) is 8.51. The predicted octanol–water partition coefficient (Wildman–Crippen LogP) is 3.89. The number of para-hydroxylation sites is 1. The van der Waals surface area contributed by atoms with Crippen LogP contribution in [0.5, 0.6) is 0 Å². The molecule has 1 N–H and O–H groups in total. The molecule has 0 aliphatic carbocycles. The highest BCUT2D eigenvalue weighted by atomic mass is 16.6. The molecule has 0 aliphatic rings. The van der Waals surface area contributed by atoms with Crippen molar-refractivity contribution in [1.82, 2.24) is 15.0 Å². The molecule has 0 bridgehead atoms. The fraction of sp³-hybridized carbons (Fsp3) is 0.0500. The number of hydrogen-bond donors (Lipinski definition) is 1. The second-order valence-corrected chi connectivity index (χ2v) is 6.19. The van der Waals surface area contributed by atoms with Crippen LogP contribution >= 0.6 is 0 Å². The Balaban J connectivity index is 1.63. The Kier molecular flexibility index (Phi) is 4.29. The van der Waals surface area contributed by atoms with E-state index in [0.717, 1.165) is 5.69 Å². The van der Waals surface area contributed by atoms with Gasteiger partial charge in [-0.15, -0.1) is 10.2 Å². The maximum atomic E-state index is 12.6. The van der Waals surface area contributed by atoms with Crippen LogP contribution in [0.1, 0.15) is 15.9 Å². The van der Waals surface area contributed by atoms with Crippen molar-refractivity contribution < 1.29 is 9.72 Å². The number of aromatic nitrogens is 3. The molecule has 0 radical (unpaired) electrons. The predicted molar refractivity (Wildman–Crippen MR) is 105 cm³/mol. The van der Waals surface area contributed by atoms with Gasteiger partial charge in [0.15, 0.2) is 0 Å². The molecule has 0 aliphatic heterocycles. The summed E-state index contributed by atoms with van der Waals surface area (Å²) < 4.78 is 0. The highest BCUT2D eigenvalue weighted by molar-refractivity contribution is 6.06. The molecule has 3 aromatic carbocycles. The molecule has 1 aromatic heterocycles. The molecule has 1 heterocycles. The van der Waals surface area contributed by atoms with Gasteiger partial charge >= 0.3 is 0 Å². The number of anilines is 1. The zero-order chi connectivity index (χ0) is 19.7. The van der Waals surface area contributed by atoms with Gasteiger partial charge in [-0.05, 0) is 43.3 Å². The van der Waals surface area contributed by atoms with Crippen molar-refractivity contribution in [2.24, 2.45) is 0 Å². The number of amides is 1. The first-order valence-corrected chi connectivity index (χ1v) is 8.51. The maximum absolute atomic E-state index is 12.6. The molecule has 0 fully saturated rings. The number of carbonyl (C=O) groups excluding carboxylic acids is 1. The highest BCUT2D eigenvalue weighted by Gasteiger charge is 2.18. The Bertz CT molecular complexity index is 1200. The summed E-state index contributed by atoms with van der Waals surface area (Å²) in [4.78, 5) is 24.7. The third-order valence-electron chi connectivity index (χ3n) is 4.37. The standard InChI is InChI=1S/C20H15N5O3/c1-13-16(8-5-9-19(13)25(27)28)20(26)21-14-10-11-17-18(12-14)23-24(22-17)15-6-3-2-4-7-15/h2-12H,1H3,(H,21,26). The second-order valence-electron chi connectivity index (χ2n) is 6.19. The van der Waals surface area contributed by atoms with Crippen molar-refractivity contribution in [3.63, 3.8) is 0 Å². The summed E-state index contributed by atoms with van der Waals surface area (Å²) in [5.41, 5.74) is 3.16. The summed E-state index contributed by atoms with van der Waals surface area (Å²) in [5.74, 6) is -0.420. The van der Waals surface area contributed by atoms with Crippen LogP contribution in [0.3, 0.4) is 0 Å². The molecule has 0 spiro atoms. The van der Waals surface area contributed by atoms with E-state index in [0.29, 0.717) is 22.3 Å².